The lowest BCUT2D eigenvalue weighted by Gasteiger charge is -2.18. The number of thioether (sulfide) groups is 1. The summed E-state index contributed by atoms with van der Waals surface area (Å²) in [6.45, 7) is 3.34. The molecule has 2 fully saturated rings. The second-order valence-electron chi connectivity index (χ2n) is 4.72. The smallest absolute Gasteiger partial charge is 0.185 e. The molecule has 0 radical (unpaired) electrons. The van der Waals surface area contributed by atoms with E-state index >= 15 is 0 Å². The van der Waals surface area contributed by atoms with Crippen LogP contribution in [0.25, 0.3) is 0 Å². The largest absolute Gasteiger partial charge is 0.347 e. The van der Waals surface area contributed by atoms with Crippen molar-refractivity contribution in [3.8, 4) is 0 Å². The lowest BCUT2D eigenvalue weighted by Crippen LogP contribution is -2.25. The van der Waals surface area contributed by atoms with E-state index in [9.17, 15) is 0 Å². The first kappa shape index (κ1) is 11.8. The van der Waals surface area contributed by atoms with Crippen LogP contribution in [-0.4, -0.2) is 35.6 Å². The molecule has 0 unspecified atom stereocenters. The quantitative estimate of drug-likeness (QED) is 0.908. The molecule has 1 aliphatic carbocycles. The zero-order valence-electron chi connectivity index (χ0n) is 10.0. The Balaban J connectivity index is 1.57. The van der Waals surface area contributed by atoms with Gasteiger partial charge in [-0.25, -0.2) is 4.98 Å². The molecule has 1 aromatic heterocycles. The van der Waals surface area contributed by atoms with Gasteiger partial charge in [-0.3, -0.25) is 0 Å². The maximum Gasteiger partial charge on any atom is 0.185 e. The molecular formula is C12H19N3S2. The summed E-state index contributed by atoms with van der Waals surface area (Å²) in [5, 5.41) is 4.77. The minimum atomic E-state index is 0.787. The normalized spacial score (nSPS) is 21.5. The molecule has 1 aromatic rings. The summed E-state index contributed by atoms with van der Waals surface area (Å²) >= 11 is 3.93. The molecule has 3 rings (SSSR count). The van der Waals surface area contributed by atoms with Crippen molar-refractivity contribution >= 4 is 28.2 Å². The molecule has 2 aliphatic rings. The second kappa shape index (κ2) is 5.59. The first-order valence-corrected chi connectivity index (χ1v) is 8.40. The topological polar surface area (TPSA) is 28.2 Å². The summed E-state index contributed by atoms with van der Waals surface area (Å²) in [5.41, 5.74) is 0. The molecule has 0 aromatic carbocycles. The Morgan fingerprint density at radius 1 is 1.35 bits per heavy atom. The fourth-order valence-electron chi connectivity index (χ4n) is 1.99. The molecule has 1 aliphatic heterocycles. The van der Waals surface area contributed by atoms with Crippen molar-refractivity contribution in [2.24, 2.45) is 0 Å². The molecule has 1 saturated carbocycles. The van der Waals surface area contributed by atoms with E-state index in [1.54, 1.807) is 0 Å². The molecule has 1 saturated heterocycles. The molecule has 2 heterocycles. The zero-order valence-corrected chi connectivity index (χ0v) is 11.7. The Morgan fingerprint density at radius 3 is 3.18 bits per heavy atom. The highest BCUT2D eigenvalue weighted by Gasteiger charge is 2.20. The van der Waals surface area contributed by atoms with Crippen LogP contribution in [0.4, 0.5) is 5.13 Å². The van der Waals surface area contributed by atoms with Crippen molar-refractivity contribution in [2.45, 2.75) is 31.8 Å². The lowest BCUT2D eigenvalue weighted by atomic mass is 10.4. The standard InChI is InChI=1S/C12H19N3S2/c1-4-15(5-7-16-6-1)12-14-9-11(17-12)8-13-10-2-3-10/h9-10,13H,1-8H2. The Hall–Kier alpha value is -0.260. The van der Waals surface area contributed by atoms with Gasteiger partial charge in [0.15, 0.2) is 5.13 Å². The van der Waals surface area contributed by atoms with Gasteiger partial charge in [-0.05, 0) is 25.0 Å². The fourth-order valence-corrected chi connectivity index (χ4v) is 3.79. The molecule has 0 spiro atoms. The van der Waals surface area contributed by atoms with Crippen molar-refractivity contribution in [2.75, 3.05) is 29.5 Å². The van der Waals surface area contributed by atoms with E-state index in [0.29, 0.717) is 0 Å². The first-order valence-electron chi connectivity index (χ1n) is 6.42. The molecule has 17 heavy (non-hydrogen) atoms. The summed E-state index contributed by atoms with van der Waals surface area (Å²) in [4.78, 5) is 8.40. The monoisotopic (exact) mass is 269 g/mol. The van der Waals surface area contributed by atoms with Gasteiger partial charge in [0.1, 0.15) is 0 Å². The van der Waals surface area contributed by atoms with Gasteiger partial charge in [0, 0.05) is 42.5 Å². The van der Waals surface area contributed by atoms with E-state index in [1.807, 2.05) is 17.5 Å². The summed E-state index contributed by atoms with van der Waals surface area (Å²) in [7, 11) is 0. The molecule has 3 nitrogen and oxygen atoms in total. The third-order valence-corrected chi connectivity index (χ3v) is 5.28. The van der Waals surface area contributed by atoms with E-state index < -0.39 is 0 Å². The van der Waals surface area contributed by atoms with Gasteiger partial charge in [0.2, 0.25) is 0 Å². The van der Waals surface area contributed by atoms with E-state index in [4.69, 9.17) is 0 Å². The summed E-state index contributed by atoms with van der Waals surface area (Å²) in [6.07, 6.45) is 6.05. The third kappa shape index (κ3) is 3.36. The number of rotatable bonds is 4. The average Bonchev–Trinajstić information content (AvgIpc) is 3.12. The van der Waals surface area contributed by atoms with Crippen molar-refractivity contribution < 1.29 is 0 Å². The predicted molar refractivity (Wildman–Crippen MR) is 76.1 cm³/mol. The number of hydrogen-bond acceptors (Lipinski definition) is 5. The number of hydrogen-bond donors (Lipinski definition) is 1. The van der Waals surface area contributed by atoms with Gasteiger partial charge >= 0.3 is 0 Å². The van der Waals surface area contributed by atoms with E-state index in [0.717, 1.165) is 19.1 Å². The van der Waals surface area contributed by atoms with Crippen LogP contribution in [0.15, 0.2) is 6.20 Å². The molecule has 1 N–H and O–H groups in total. The van der Waals surface area contributed by atoms with Crippen molar-refractivity contribution in [3.05, 3.63) is 11.1 Å². The summed E-state index contributed by atoms with van der Waals surface area (Å²) < 4.78 is 0. The minimum absolute atomic E-state index is 0.787. The van der Waals surface area contributed by atoms with Gasteiger partial charge in [-0.2, -0.15) is 11.8 Å². The van der Waals surface area contributed by atoms with Crippen LogP contribution in [0.2, 0.25) is 0 Å². The fraction of sp³-hybridized carbons (Fsp3) is 0.750. The van der Waals surface area contributed by atoms with Crippen LogP contribution >= 0.6 is 23.1 Å². The predicted octanol–water partition coefficient (Wildman–Crippen LogP) is 2.34. The molecule has 94 valence electrons. The van der Waals surface area contributed by atoms with Crippen LogP contribution in [-0.2, 0) is 6.54 Å². The first-order chi connectivity index (χ1) is 8.42. The number of aromatic nitrogens is 1. The van der Waals surface area contributed by atoms with Gasteiger partial charge in [-0.15, -0.1) is 11.3 Å². The Morgan fingerprint density at radius 2 is 2.29 bits per heavy atom. The van der Waals surface area contributed by atoms with Gasteiger partial charge in [0.05, 0.1) is 0 Å². The lowest BCUT2D eigenvalue weighted by molar-refractivity contribution is 0.694. The highest BCUT2D eigenvalue weighted by atomic mass is 32.2. The molecule has 0 amide bonds. The van der Waals surface area contributed by atoms with Crippen LogP contribution in [0, 0.1) is 0 Å². The number of anilines is 1. The molecule has 0 atom stereocenters. The summed E-state index contributed by atoms with van der Waals surface area (Å²) in [5.74, 6) is 2.55. The Labute approximate surface area is 111 Å². The summed E-state index contributed by atoms with van der Waals surface area (Å²) in [6, 6.07) is 0.787. The number of nitrogens with zero attached hydrogens (tertiary/aromatic N) is 2. The Kier molecular flexibility index (Phi) is 3.88. The SMILES string of the molecule is c1nc(N2CCCSCC2)sc1CNC1CC1. The van der Waals surface area contributed by atoms with Crippen LogP contribution in [0.1, 0.15) is 24.1 Å². The van der Waals surface area contributed by atoms with Crippen molar-refractivity contribution in [1.82, 2.24) is 10.3 Å². The van der Waals surface area contributed by atoms with Gasteiger partial charge in [-0.1, -0.05) is 0 Å². The minimum Gasteiger partial charge on any atom is -0.347 e. The third-order valence-electron chi connectivity index (χ3n) is 3.18. The average molecular weight is 269 g/mol. The van der Waals surface area contributed by atoms with Crippen molar-refractivity contribution in [3.63, 3.8) is 0 Å². The van der Waals surface area contributed by atoms with Crippen LogP contribution in [0.5, 0.6) is 0 Å². The molecule has 0 bridgehead atoms. The zero-order chi connectivity index (χ0) is 11.5. The van der Waals surface area contributed by atoms with Crippen LogP contribution < -0.4 is 10.2 Å². The Bertz CT molecular complexity index is 354. The van der Waals surface area contributed by atoms with Crippen molar-refractivity contribution in [1.29, 1.82) is 0 Å². The van der Waals surface area contributed by atoms with E-state index in [-0.39, 0.29) is 0 Å². The van der Waals surface area contributed by atoms with E-state index in [1.165, 1.54) is 47.3 Å². The van der Waals surface area contributed by atoms with Gasteiger partial charge in [0.25, 0.3) is 0 Å². The highest BCUT2D eigenvalue weighted by Crippen LogP contribution is 2.26. The van der Waals surface area contributed by atoms with E-state index in [2.05, 4.69) is 27.0 Å². The number of nitrogens with one attached hydrogen (secondary N) is 1. The van der Waals surface area contributed by atoms with Gasteiger partial charge < -0.3 is 10.2 Å². The second-order valence-corrected chi connectivity index (χ2v) is 7.04. The maximum absolute atomic E-state index is 4.58. The molecule has 5 heteroatoms. The highest BCUT2D eigenvalue weighted by molar-refractivity contribution is 7.99. The number of thiazole rings is 1. The van der Waals surface area contributed by atoms with Crippen LogP contribution in [0.3, 0.4) is 0 Å². The maximum atomic E-state index is 4.58. The molecular weight excluding hydrogens is 250 g/mol.